The van der Waals surface area contributed by atoms with Crippen molar-refractivity contribution in [3.05, 3.63) is 30.1 Å². The Morgan fingerprint density at radius 2 is 1.89 bits per heavy atom. The third-order valence-corrected chi connectivity index (χ3v) is 3.71. The lowest BCUT2D eigenvalue weighted by molar-refractivity contribution is -0.185. The molecule has 1 unspecified atom stereocenters. The van der Waals surface area contributed by atoms with Crippen molar-refractivity contribution in [2.24, 2.45) is 11.8 Å². The molecule has 1 saturated carbocycles. The van der Waals surface area contributed by atoms with Gasteiger partial charge in [-0.25, -0.2) is 0 Å². The van der Waals surface area contributed by atoms with Crippen LogP contribution >= 0.6 is 0 Å². The number of aliphatic hydroxyl groups excluding tert-OH is 1. The summed E-state index contributed by atoms with van der Waals surface area (Å²) in [4.78, 5) is 3.91. The van der Waals surface area contributed by atoms with Crippen LogP contribution in [0.15, 0.2) is 24.5 Å². The minimum atomic E-state index is -4.09. The van der Waals surface area contributed by atoms with Crippen molar-refractivity contribution in [2.75, 3.05) is 0 Å². The molecule has 0 amide bonds. The third kappa shape index (κ3) is 3.02. The number of hydrogen-bond donors (Lipinski definition) is 1. The summed E-state index contributed by atoms with van der Waals surface area (Å²) in [5.41, 5.74) is 0.688. The average molecular weight is 259 g/mol. The van der Waals surface area contributed by atoms with E-state index in [2.05, 4.69) is 4.98 Å². The highest BCUT2D eigenvalue weighted by molar-refractivity contribution is 5.13. The van der Waals surface area contributed by atoms with E-state index >= 15 is 0 Å². The molecule has 1 fully saturated rings. The second-order valence-electron chi connectivity index (χ2n) is 4.88. The Morgan fingerprint density at radius 3 is 2.39 bits per heavy atom. The number of alkyl halides is 3. The zero-order valence-electron chi connectivity index (χ0n) is 9.90. The Hall–Kier alpha value is -1.10. The molecule has 1 aliphatic rings. The van der Waals surface area contributed by atoms with Crippen molar-refractivity contribution in [3.8, 4) is 0 Å². The zero-order valence-corrected chi connectivity index (χ0v) is 9.90. The van der Waals surface area contributed by atoms with Gasteiger partial charge in [-0.15, -0.1) is 0 Å². The summed E-state index contributed by atoms with van der Waals surface area (Å²) in [5, 5.41) is 10.1. The molecule has 0 radical (unpaired) electrons. The third-order valence-electron chi connectivity index (χ3n) is 3.71. The van der Waals surface area contributed by atoms with Gasteiger partial charge >= 0.3 is 6.18 Å². The molecule has 0 aromatic carbocycles. The topological polar surface area (TPSA) is 33.1 Å². The molecular weight excluding hydrogens is 243 g/mol. The first-order chi connectivity index (χ1) is 8.48. The Labute approximate surface area is 104 Å². The molecule has 2 rings (SSSR count). The summed E-state index contributed by atoms with van der Waals surface area (Å²) in [6.07, 6.45) is -0.549. The van der Waals surface area contributed by atoms with E-state index < -0.39 is 18.2 Å². The van der Waals surface area contributed by atoms with Crippen molar-refractivity contribution in [2.45, 2.75) is 38.0 Å². The maximum atomic E-state index is 12.5. The fourth-order valence-electron chi connectivity index (χ4n) is 2.59. The Balaban J connectivity index is 1.94. The van der Waals surface area contributed by atoms with Gasteiger partial charge in [0.25, 0.3) is 0 Å². The van der Waals surface area contributed by atoms with E-state index in [-0.39, 0.29) is 18.8 Å². The molecule has 0 aliphatic heterocycles. The minimum absolute atomic E-state index is 0.0900. The molecule has 1 aliphatic carbocycles. The van der Waals surface area contributed by atoms with Crippen molar-refractivity contribution in [1.29, 1.82) is 0 Å². The molecule has 5 heteroatoms. The van der Waals surface area contributed by atoms with E-state index in [1.54, 1.807) is 24.5 Å². The van der Waals surface area contributed by atoms with Gasteiger partial charge in [0, 0.05) is 12.4 Å². The predicted octanol–water partition coefficient (Wildman–Crippen LogP) is 3.48. The first-order valence-corrected chi connectivity index (χ1v) is 6.13. The van der Waals surface area contributed by atoms with Crippen LogP contribution in [0.1, 0.15) is 37.4 Å². The van der Waals surface area contributed by atoms with Crippen LogP contribution in [0.5, 0.6) is 0 Å². The molecule has 18 heavy (non-hydrogen) atoms. The second kappa shape index (κ2) is 5.26. The van der Waals surface area contributed by atoms with Gasteiger partial charge in [-0.05, 0) is 43.2 Å². The fourth-order valence-corrected chi connectivity index (χ4v) is 2.59. The first kappa shape index (κ1) is 13.3. The quantitative estimate of drug-likeness (QED) is 0.882. The van der Waals surface area contributed by atoms with Gasteiger partial charge in [-0.1, -0.05) is 6.07 Å². The Kier molecular flexibility index (Phi) is 3.90. The maximum Gasteiger partial charge on any atom is 0.391 e. The second-order valence-corrected chi connectivity index (χ2v) is 4.88. The average Bonchev–Trinajstić information content (AvgIpc) is 2.38. The summed E-state index contributed by atoms with van der Waals surface area (Å²) < 4.78 is 37.6. The van der Waals surface area contributed by atoms with E-state index in [4.69, 9.17) is 0 Å². The normalized spacial score (nSPS) is 26.9. The lowest BCUT2D eigenvalue weighted by Gasteiger charge is -2.32. The summed E-state index contributed by atoms with van der Waals surface area (Å²) in [7, 11) is 0. The van der Waals surface area contributed by atoms with Crippen LogP contribution in [0.4, 0.5) is 13.2 Å². The Bertz CT molecular complexity index is 372. The van der Waals surface area contributed by atoms with E-state index in [1.165, 1.54) is 0 Å². The molecule has 1 N–H and O–H groups in total. The summed E-state index contributed by atoms with van der Waals surface area (Å²) in [6, 6.07) is 3.48. The Morgan fingerprint density at radius 1 is 1.22 bits per heavy atom. The number of aromatic nitrogens is 1. The molecule has 0 saturated heterocycles. The monoisotopic (exact) mass is 259 g/mol. The number of pyridine rings is 1. The van der Waals surface area contributed by atoms with E-state index in [1.807, 2.05) is 0 Å². The highest BCUT2D eigenvalue weighted by atomic mass is 19.4. The van der Waals surface area contributed by atoms with Crippen molar-refractivity contribution >= 4 is 0 Å². The van der Waals surface area contributed by atoms with Gasteiger partial charge < -0.3 is 5.11 Å². The van der Waals surface area contributed by atoms with E-state index in [0.29, 0.717) is 18.4 Å². The van der Waals surface area contributed by atoms with Crippen LogP contribution < -0.4 is 0 Å². The van der Waals surface area contributed by atoms with Crippen LogP contribution in [0.25, 0.3) is 0 Å². The van der Waals surface area contributed by atoms with E-state index in [0.717, 1.165) is 0 Å². The van der Waals surface area contributed by atoms with Gasteiger partial charge in [0.2, 0.25) is 0 Å². The molecule has 0 spiro atoms. The highest BCUT2D eigenvalue weighted by Crippen LogP contribution is 2.42. The number of nitrogens with zero attached hydrogens (tertiary/aromatic N) is 1. The SMILES string of the molecule is OC(c1cccnc1)C1CCC(C(F)(F)F)CC1. The van der Waals surface area contributed by atoms with Crippen molar-refractivity contribution in [1.82, 2.24) is 4.98 Å². The van der Waals surface area contributed by atoms with Crippen molar-refractivity contribution in [3.63, 3.8) is 0 Å². The number of aliphatic hydroxyl groups is 1. The molecule has 1 heterocycles. The molecule has 1 aromatic heterocycles. The predicted molar refractivity (Wildman–Crippen MR) is 60.7 cm³/mol. The standard InChI is InChI=1S/C13H16F3NO/c14-13(15,16)11-5-3-9(4-6-11)12(18)10-2-1-7-17-8-10/h1-2,7-9,11-12,18H,3-6H2. The molecular formula is C13H16F3NO. The van der Waals surface area contributed by atoms with Gasteiger partial charge in [-0.3, -0.25) is 4.98 Å². The molecule has 1 atom stereocenters. The first-order valence-electron chi connectivity index (χ1n) is 6.13. The highest BCUT2D eigenvalue weighted by Gasteiger charge is 2.42. The van der Waals surface area contributed by atoms with Crippen LogP contribution in [0, 0.1) is 11.8 Å². The van der Waals surface area contributed by atoms with Crippen LogP contribution in [0.2, 0.25) is 0 Å². The van der Waals surface area contributed by atoms with Gasteiger partial charge in [-0.2, -0.15) is 13.2 Å². The van der Waals surface area contributed by atoms with Gasteiger partial charge in [0.1, 0.15) is 0 Å². The van der Waals surface area contributed by atoms with Crippen LogP contribution in [-0.2, 0) is 0 Å². The number of halogens is 3. The minimum Gasteiger partial charge on any atom is -0.388 e. The fraction of sp³-hybridized carbons (Fsp3) is 0.615. The molecule has 0 bridgehead atoms. The molecule has 2 nitrogen and oxygen atoms in total. The molecule has 100 valence electrons. The number of rotatable bonds is 2. The largest absolute Gasteiger partial charge is 0.391 e. The zero-order chi connectivity index (χ0) is 13.2. The lowest BCUT2D eigenvalue weighted by atomic mass is 9.78. The van der Waals surface area contributed by atoms with Gasteiger partial charge in [0.15, 0.2) is 0 Å². The van der Waals surface area contributed by atoms with E-state index in [9.17, 15) is 18.3 Å². The number of hydrogen-bond acceptors (Lipinski definition) is 2. The summed E-state index contributed by atoms with van der Waals surface area (Å²) >= 11 is 0. The van der Waals surface area contributed by atoms with Crippen LogP contribution in [0.3, 0.4) is 0 Å². The molecule has 1 aromatic rings. The maximum absolute atomic E-state index is 12.5. The summed E-state index contributed by atoms with van der Waals surface area (Å²) in [6.45, 7) is 0. The van der Waals surface area contributed by atoms with Crippen LogP contribution in [-0.4, -0.2) is 16.3 Å². The smallest absolute Gasteiger partial charge is 0.388 e. The lowest BCUT2D eigenvalue weighted by Crippen LogP contribution is -2.29. The van der Waals surface area contributed by atoms with Gasteiger partial charge in [0.05, 0.1) is 12.0 Å². The summed E-state index contributed by atoms with van der Waals surface area (Å²) in [5.74, 6) is -1.29. The van der Waals surface area contributed by atoms with Crippen molar-refractivity contribution < 1.29 is 18.3 Å².